The van der Waals surface area contributed by atoms with Gasteiger partial charge in [0.1, 0.15) is 0 Å². The SMILES string of the molecule is O=C1c2ccccc2CCC12CCCN(C1CCNCC1)C2. The minimum absolute atomic E-state index is 0.0997. The average molecular weight is 298 g/mol. The molecule has 0 radical (unpaired) electrons. The van der Waals surface area contributed by atoms with Crippen LogP contribution in [0.1, 0.15) is 48.0 Å². The van der Waals surface area contributed by atoms with E-state index in [1.807, 2.05) is 12.1 Å². The van der Waals surface area contributed by atoms with Crippen molar-refractivity contribution in [2.45, 2.75) is 44.6 Å². The van der Waals surface area contributed by atoms with Gasteiger partial charge in [-0.3, -0.25) is 9.69 Å². The molecule has 3 aliphatic rings. The summed E-state index contributed by atoms with van der Waals surface area (Å²) in [5, 5.41) is 3.45. The van der Waals surface area contributed by atoms with Gasteiger partial charge in [0, 0.05) is 23.6 Å². The summed E-state index contributed by atoms with van der Waals surface area (Å²) >= 11 is 0. The number of aryl methyl sites for hydroxylation is 1. The first-order valence-corrected chi connectivity index (χ1v) is 8.86. The van der Waals surface area contributed by atoms with Gasteiger partial charge in [0.05, 0.1) is 0 Å². The molecule has 2 aliphatic heterocycles. The Bertz CT molecular complexity index is 564. The number of ketones is 1. The van der Waals surface area contributed by atoms with Gasteiger partial charge in [-0.15, -0.1) is 0 Å². The van der Waals surface area contributed by atoms with E-state index in [-0.39, 0.29) is 5.41 Å². The summed E-state index contributed by atoms with van der Waals surface area (Å²) in [6.45, 7) is 4.43. The molecule has 0 aromatic heterocycles. The minimum atomic E-state index is -0.0997. The van der Waals surface area contributed by atoms with E-state index in [2.05, 4.69) is 22.3 Å². The largest absolute Gasteiger partial charge is 0.317 e. The van der Waals surface area contributed by atoms with E-state index < -0.39 is 0 Å². The lowest BCUT2D eigenvalue weighted by Gasteiger charge is -2.47. The Morgan fingerprint density at radius 1 is 1.14 bits per heavy atom. The lowest BCUT2D eigenvalue weighted by Crippen LogP contribution is -2.54. The fourth-order valence-corrected chi connectivity index (χ4v) is 4.77. The van der Waals surface area contributed by atoms with Gasteiger partial charge in [0.15, 0.2) is 5.78 Å². The maximum Gasteiger partial charge on any atom is 0.170 e. The molecule has 1 atom stereocenters. The molecule has 1 spiro atoms. The van der Waals surface area contributed by atoms with E-state index in [0.717, 1.165) is 44.5 Å². The summed E-state index contributed by atoms with van der Waals surface area (Å²) in [6, 6.07) is 8.94. The van der Waals surface area contributed by atoms with Gasteiger partial charge in [-0.25, -0.2) is 0 Å². The fourth-order valence-electron chi connectivity index (χ4n) is 4.77. The second-order valence-electron chi connectivity index (χ2n) is 7.32. The highest BCUT2D eigenvalue weighted by Crippen LogP contribution is 2.43. The van der Waals surface area contributed by atoms with E-state index in [1.54, 1.807) is 0 Å². The second-order valence-corrected chi connectivity index (χ2v) is 7.32. The zero-order chi connectivity index (χ0) is 15.0. The van der Waals surface area contributed by atoms with Crippen LogP contribution in [0.5, 0.6) is 0 Å². The fraction of sp³-hybridized carbons (Fsp3) is 0.632. The van der Waals surface area contributed by atoms with Crippen molar-refractivity contribution in [3.05, 3.63) is 35.4 Å². The van der Waals surface area contributed by atoms with Crippen LogP contribution in [-0.2, 0) is 6.42 Å². The Hall–Kier alpha value is -1.19. The number of nitrogens with zero attached hydrogens (tertiary/aromatic N) is 1. The van der Waals surface area contributed by atoms with Crippen LogP contribution in [0.25, 0.3) is 0 Å². The van der Waals surface area contributed by atoms with Crippen molar-refractivity contribution in [3.63, 3.8) is 0 Å². The molecular weight excluding hydrogens is 272 g/mol. The normalized spacial score (nSPS) is 30.5. The number of fused-ring (bicyclic) bond motifs is 1. The topological polar surface area (TPSA) is 32.3 Å². The van der Waals surface area contributed by atoms with Crippen LogP contribution in [0.3, 0.4) is 0 Å². The number of hydrogen-bond donors (Lipinski definition) is 1. The Morgan fingerprint density at radius 2 is 1.95 bits per heavy atom. The van der Waals surface area contributed by atoms with Gasteiger partial charge >= 0.3 is 0 Å². The minimum Gasteiger partial charge on any atom is -0.317 e. The molecule has 3 heteroatoms. The molecule has 1 unspecified atom stereocenters. The lowest BCUT2D eigenvalue weighted by atomic mass is 9.66. The first kappa shape index (κ1) is 14.4. The van der Waals surface area contributed by atoms with Crippen molar-refractivity contribution in [2.75, 3.05) is 26.2 Å². The third kappa shape index (κ3) is 2.40. The Labute approximate surface area is 133 Å². The third-order valence-electron chi connectivity index (χ3n) is 6.05. The van der Waals surface area contributed by atoms with Crippen LogP contribution in [-0.4, -0.2) is 42.9 Å². The Balaban J connectivity index is 1.57. The smallest absolute Gasteiger partial charge is 0.170 e. The highest BCUT2D eigenvalue weighted by atomic mass is 16.1. The maximum absolute atomic E-state index is 13.2. The molecule has 1 aromatic carbocycles. The van der Waals surface area contributed by atoms with Crippen molar-refractivity contribution < 1.29 is 4.79 Å². The van der Waals surface area contributed by atoms with E-state index in [4.69, 9.17) is 0 Å². The number of carbonyl (C=O) groups excluding carboxylic acids is 1. The monoisotopic (exact) mass is 298 g/mol. The number of rotatable bonds is 1. The maximum atomic E-state index is 13.2. The molecule has 2 saturated heterocycles. The van der Waals surface area contributed by atoms with Crippen LogP contribution < -0.4 is 5.32 Å². The summed E-state index contributed by atoms with van der Waals surface area (Å²) in [5.74, 6) is 0.424. The second kappa shape index (κ2) is 5.78. The van der Waals surface area contributed by atoms with Gasteiger partial charge in [0.2, 0.25) is 0 Å². The molecule has 4 rings (SSSR count). The number of piperidine rings is 2. The molecule has 0 saturated carbocycles. The molecule has 1 N–H and O–H groups in total. The number of carbonyl (C=O) groups is 1. The van der Waals surface area contributed by atoms with Gasteiger partial charge < -0.3 is 5.32 Å². The van der Waals surface area contributed by atoms with Crippen molar-refractivity contribution in [2.24, 2.45) is 5.41 Å². The quantitative estimate of drug-likeness (QED) is 0.865. The standard InChI is InChI=1S/C19H26N2O/c22-18-17-5-2-1-4-15(17)6-10-19(18)9-3-13-21(14-19)16-7-11-20-12-8-16/h1-2,4-5,16,20H,3,6-14H2. The predicted octanol–water partition coefficient (Wildman–Crippen LogP) is 2.65. The van der Waals surface area contributed by atoms with Gasteiger partial charge in [-0.2, -0.15) is 0 Å². The number of nitrogens with one attached hydrogen (secondary N) is 1. The van der Waals surface area contributed by atoms with Crippen molar-refractivity contribution >= 4 is 5.78 Å². The molecule has 1 aromatic rings. The number of benzene rings is 1. The summed E-state index contributed by atoms with van der Waals surface area (Å²) < 4.78 is 0. The molecule has 22 heavy (non-hydrogen) atoms. The van der Waals surface area contributed by atoms with E-state index in [0.29, 0.717) is 11.8 Å². The number of Topliss-reactive ketones (excluding diaryl/α,β-unsaturated/α-hetero) is 1. The first-order valence-electron chi connectivity index (χ1n) is 8.86. The summed E-state index contributed by atoms with van der Waals surface area (Å²) in [7, 11) is 0. The lowest BCUT2D eigenvalue weighted by molar-refractivity contribution is 0.0307. The zero-order valence-electron chi connectivity index (χ0n) is 13.3. The van der Waals surface area contributed by atoms with Crippen LogP contribution >= 0.6 is 0 Å². The first-order chi connectivity index (χ1) is 10.8. The van der Waals surface area contributed by atoms with Crippen LogP contribution in [0.4, 0.5) is 0 Å². The van der Waals surface area contributed by atoms with Gasteiger partial charge in [-0.05, 0) is 63.7 Å². The molecule has 118 valence electrons. The third-order valence-corrected chi connectivity index (χ3v) is 6.05. The molecule has 2 fully saturated rings. The number of hydrogen-bond acceptors (Lipinski definition) is 3. The van der Waals surface area contributed by atoms with Crippen molar-refractivity contribution in [1.82, 2.24) is 10.2 Å². The van der Waals surface area contributed by atoms with Crippen LogP contribution in [0, 0.1) is 5.41 Å². The molecule has 0 bridgehead atoms. The van der Waals surface area contributed by atoms with Crippen molar-refractivity contribution in [3.8, 4) is 0 Å². The van der Waals surface area contributed by atoms with Gasteiger partial charge in [0.25, 0.3) is 0 Å². The van der Waals surface area contributed by atoms with Crippen molar-refractivity contribution in [1.29, 1.82) is 0 Å². The molecule has 0 amide bonds. The Morgan fingerprint density at radius 3 is 2.82 bits per heavy atom. The summed E-state index contributed by atoms with van der Waals surface area (Å²) in [5.41, 5.74) is 2.16. The predicted molar refractivity (Wildman–Crippen MR) is 88.2 cm³/mol. The Kier molecular flexibility index (Phi) is 3.79. The van der Waals surface area contributed by atoms with E-state index in [9.17, 15) is 4.79 Å². The number of likely N-dealkylation sites (tertiary alicyclic amines) is 1. The molecule has 2 heterocycles. The molecular formula is C19H26N2O. The molecule has 3 nitrogen and oxygen atoms in total. The van der Waals surface area contributed by atoms with Crippen LogP contribution in [0.15, 0.2) is 24.3 Å². The summed E-state index contributed by atoms with van der Waals surface area (Å²) in [4.78, 5) is 15.8. The zero-order valence-corrected chi connectivity index (χ0v) is 13.3. The van der Waals surface area contributed by atoms with E-state index >= 15 is 0 Å². The highest BCUT2D eigenvalue weighted by molar-refractivity contribution is 6.03. The van der Waals surface area contributed by atoms with E-state index in [1.165, 1.54) is 31.4 Å². The highest BCUT2D eigenvalue weighted by Gasteiger charge is 2.46. The summed E-state index contributed by atoms with van der Waals surface area (Å²) in [6.07, 6.45) is 6.85. The van der Waals surface area contributed by atoms with Crippen LogP contribution in [0.2, 0.25) is 0 Å². The molecule has 1 aliphatic carbocycles. The average Bonchev–Trinajstić information content (AvgIpc) is 2.60. The van der Waals surface area contributed by atoms with Gasteiger partial charge in [-0.1, -0.05) is 24.3 Å².